The van der Waals surface area contributed by atoms with Crippen LogP contribution in [0.3, 0.4) is 0 Å². The van der Waals surface area contributed by atoms with Gasteiger partial charge in [0.1, 0.15) is 0 Å². The molecule has 0 saturated heterocycles. The fourth-order valence-electron chi connectivity index (χ4n) is 1.31. The molecule has 0 amide bonds. The Morgan fingerprint density at radius 1 is 1.57 bits per heavy atom. The maximum absolute atomic E-state index is 6.05. The van der Waals surface area contributed by atoms with Gasteiger partial charge >= 0.3 is 0 Å². The smallest absolute Gasteiger partial charge is 0.0298 e. The second kappa shape index (κ2) is 5.32. The van der Waals surface area contributed by atoms with Crippen LogP contribution >= 0.6 is 15.9 Å². The van der Waals surface area contributed by atoms with Gasteiger partial charge in [-0.15, -0.1) is 6.58 Å². The summed E-state index contributed by atoms with van der Waals surface area (Å²) in [6.07, 6.45) is 1.96. The third-order valence-electron chi connectivity index (χ3n) is 2.16. The van der Waals surface area contributed by atoms with Crippen molar-refractivity contribution in [1.82, 2.24) is 0 Å². The van der Waals surface area contributed by atoms with Crippen molar-refractivity contribution in [2.75, 3.05) is 0 Å². The molecule has 0 aliphatic heterocycles. The van der Waals surface area contributed by atoms with Gasteiger partial charge in [-0.2, -0.15) is 0 Å². The van der Waals surface area contributed by atoms with Crippen molar-refractivity contribution in [2.45, 2.75) is 25.8 Å². The molecule has 1 rings (SSSR count). The van der Waals surface area contributed by atoms with E-state index < -0.39 is 0 Å². The minimum absolute atomic E-state index is 0.115. The maximum atomic E-state index is 6.05. The van der Waals surface area contributed by atoms with E-state index in [1.165, 1.54) is 11.1 Å². The normalized spacial score (nSPS) is 12.5. The van der Waals surface area contributed by atoms with Gasteiger partial charge in [0.25, 0.3) is 0 Å². The Labute approximate surface area is 94.1 Å². The number of hydrogen-bond acceptors (Lipinski definition) is 1. The molecule has 0 heterocycles. The van der Waals surface area contributed by atoms with Crippen LogP contribution in [0.2, 0.25) is 0 Å². The average molecular weight is 254 g/mol. The highest BCUT2D eigenvalue weighted by atomic mass is 79.9. The lowest BCUT2D eigenvalue weighted by atomic mass is 10.0. The van der Waals surface area contributed by atoms with E-state index in [0.29, 0.717) is 0 Å². The Morgan fingerprint density at radius 3 is 2.86 bits per heavy atom. The summed E-state index contributed by atoms with van der Waals surface area (Å²) in [5, 5.41) is 0. The van der Waals surface area contributed by atoms with Crippen LogP contribution in [0.25, 0.3) is 0 Å². The molecular weight excluding hydrogens is 238 g/mol. The van der Waals surface area contributed by atoms with Crippen LogP contribution in [0.4, 0.5) is 0 Å². The SMILES string of the molecule is C=C(C)CCC(N)c1cccc(Br)c1. The van der Waals surface area contributed by atoms with Gasteiger partial charge in [-0.3, -0.25) is 0 Å². The van der Waals surface area contributed by atoms with Crippen LogP contribution < -0.4 is 5.73 Å². The first-order chi connectivity index (χ1) is 6.59. The van der Waals surface area contributed by atoms with Crippen LogP contribution in [0, 0.1) is 0 Å². The summed E-state index contributed by atoms with van der Waals surface area (Å²) in [5.74, 6) is 0. The van der Waals surface area contributed by atoms with E-state index in [9.17, 15) is 0 Å². The third-order valence-corrected chi connectivity index (χ3v) is 2.65. The van der Waals surface area contributed by atoms with Gasteiger partial charge in [-0.05, 0) is 37.5 Å². The molecule has 0 aliphatic rings. The highest BCUT2D eigenvalue weighted by Gasteiger charge is 2.05. The number of rotatable bonds is 4. The van der Waals surface area contributed by atoms with E-state index in [1.807, 2.05) is 19.1 Å². The van der Waals surface area contributed by atoms with Crippen LogP contribution in [-0.4, -0.2) is 0 Å². The topological polar surface area (TPSA) is 26.0 Å². The molecule has 1 aromatic carbocycles. The molecular formula is C12H16BrN. The van der Waals surface area contributed by atoms with Crippen LogP contribution in [0.15, 0.2) is 40.9 Å². The van der Waals surface area contributed by atoms with Gasteiger partial charge in [0, 0.05) is 10.5 Å². The number of hydrogen-bond donors (Lipinski definition) is 1. The Morgan fingerprint density at radius 2 is 2.29 bits per heavy atom. The molecule has 0 fully saturated rings. The first-order valence-corrected chi connectivity index (χ1v) is 5.54. The van der Waals surface area contributed by atoms with Gasteiger partial charge in [0.15, 0.2) is 0 Å². The van der Waals surface area contributed by atoms with E-state index in [2.05, 4.69) is 34.6 Å². The van der Waals surface area contributed by atoms with Gasteiger partial charge in [0.05, 0.1) is 0 Å². The molecule has 2 heteroatoms. The summed E-state index contributed by atoms with van der Waals surface area (Å²) in [7, 11) is 0. The number of allylic oxidation sites excluding steroid dienone is 1. The Bertz CT molecular complexity index is 320. The summed E-state index contributed by atoms with van der Waals surface area (Å²) in [5.41, 5.74) is 8.42. The number of nitrogens with two attached hydrogens (primary N) is 1. The Kier molecular flexibility index (Phi) is 4.36. The van der Waals surface area contributed by atoms with Crippen molar-refractivity contribution in [3.8, 4) is 0 Å². The first-order valence-electron chi connectivity index (χ1n) is 4.75. The fraction of sp³-hybridized carbons (Fsp3) is 0.333. The molecule has 0 aromatic heterocycles. The summed E-state index contributed by atoms with van der Waals surface area (Å²) >= 11 is 3.44. The Hall–Kier alpha value is -0.600. The summed E-state index contributed by atoms with van der Waals surface area (Å²) in [6.45, 7) is 5.91. The first kappa shape index (κ1) is 11.5. The molecule has 1 aromatic rings. The highest BCUT2D eigenvalue weighted by Crippen LogP contribution is 2.20. The molecule has 0 saturated carbocycles. The molecule has 0 spiro atoms. The molecule has 0 aliphatic carbocycles. The summed E-state index contributed by atoms with van der Waals surface area (Å²) in [6, 6.07) is 8.27. The molecule has 14 heavy (non-hydrogen) atoms. The molecule has 0 bridgehead atoms. The maximum Gasteiger partial charge on any atom is 0.0298 e. The second-order valence-electron chi connectivity index (χ2n) is 3.66. The largest absolute Gasteiger partial charge is 0.324 e. The van der Waals surface area contributed by atoms with Gasteiger partial charge < -0.3 is 5.73 Å². The summed E-state index contributed by atoms with van der Waals surface area (Å²) < 4.78 is 1.08. The number of benzene rings is 1. The zero-order valence-corrected chi connectivity index (χ0v) is 10.0. The van der Waals surface area contributed by atoms with Gasteiger partial charge in [0.2, 0.25) is 0 Å². The van der Waals surface area contributed by atoms with Crippen LogP contribution in [-0.2, 0) is 0 Å². The lowest BCUT2D eigenvalue weighted by Crippen LogP contribution is -2.09. The van der Waals surface area contributed by atoms with Crippen molar-refractivity contribution < 1.29 is 0 Å². The number of halogens is 1. The predicted octanol–water partition coefficient (Wildman–Crippen LogP) is 3.81. The van der Waals surface area contributed by atoms with Crippen LogP contribution in [0.5, 0.6) is 0 Å². The molecule has 2 N–H and O–H groups in total. The van der Waals surface area contributed by atoms with Crippen LogP contribution in [0.1, 0.15) is 31.4 Å². The zero-order chi connectivity index (χ0) is 10.6. The molecule has 76 valence electrons. The lowest BCUT2D eigenvalue weighted by molar-refractivity contribution is 0.649. The quantitative estimate of drug-likeness (QED) is 0.812. The van der Waals surface area contributed by atoms with Crippen molar-refractivity contribution in [1.29, 1.82) is 0 Å². The zero-order valence-electron chi connectivity index (χ0n) is 8.46. The molecule has 0 radical (unpaired) electrons. The van der Waals surface area contributed by atoms with Crippen molar-refractivity contribution >= 4 is 15.9 Å². The average Bonchev–Trinajstić information content (AvgIpc) is 2.14. The van der Waals surface area contributed by atoms with Crippen molar-refractivity contribution in [3.63, 3.8) is 0 Å². The minimum atomic E-state index is 0.115. The third kappa shape index (κ3) is 3.64. The molecule has 1 nitrogen and oxygen atoms in total. The van der Waals surface area contributed by atoms with Crippen molar-refractivity contribution in [2.24, 2.45) is 5.73 Å². The van der Waals surface area contributed by atoms with E-state index in [-0.39, 0.29) is 6.04 Å². The summed E-state index contributed by atoms with van der Waals surface area (Å²) in [4.78, 5) is 0. The molecule has 1 atom stereocenters. The standard InChI is InChI=1S/C12H16BrN/c1-9(2)6-7-12(14)10-4-3-5-11(13)8-10/h3-5,8,12H,1,6-7,14H2,2H3. The highest BCUT2D eigenvalue weighted by molar-refractivity contribution is 9.10. The second-order valence-corrected chi connectivity index (χ2v) is 4.57. The fourth-order valence-corrected chi connectivity index (χ4v) is 1.72. The predicted molar refractivity (Wildman–Crippen MR) is 65.1 cm³/mol. The van der Waals surface area contributed by atoms with Gasteiger partial charge in [-0.1, -0.05) is 33.6 Å². The monoisotopic (exact) mass is 253 g/mol. The minimum Gasteiger partial charge on any atom is -0.324 e. The van der Waals surface area contributed by atoms with Crippen molar-refractivity contribution in [3.05, 3.63) is 46.5 Å². The van der Waals surface area contributed by atoms with E-state index in [0.717, 1.165) is 17.3 Å². The van der Waals surface area contributed by atoms with E-state index >= 15 is 0 Å². The van der Waals surface area contributed by atoms with E-state index in [4.69, 9.17) is 5.73 Å². The van der Waals surface area contributed by atoms with Gasteiger partial charge in [-0.25, -0.2) is 0 Å². The lowest BCUT2D eigenvalue weighted by Gasteiger charge is -2.11. The van der Waals surface area contributed by atoms with E-state index in [1.54, 1.807) is 0 Å². The molecule has 1 unspecified atom stereocenters. The Balaban J connectivity index is 2.60.